The minimum atomic E-state index is -3.67. The minimum Gasteiger partial charge on any atom is -0.452 e. The number of esters is 1. The van der Waals surface area contributed by atoms with Crippen LogP contribution in [0.1, 0.15) is 22.8 Å². The van der Waals surface area contributed by atoms with Crippen LogP contribution in [-0.4, -0.2) is 40.0 Å². The summed E-state index contributed by atoms with van der Waals surface area (Å²) in [7, 11) is -2.39. The summed E-state index contributed by atoms with van der Waals surface area (Å²) in [6.07, 6.45) is 0.750. The Bertz CT molecular complexity index is 987. The van der Waals surface area contributed by atoms with Crippen LogP contribution >= 0.6 is 0 Å². The van der Waals surface area contributed by atoms with E-state index in [-0.39, 0.29) is 22.4 Å². The highest BCUT2D eigenvalue weighted by molar-refractivity contribution is 7.89. The van der Waals surface area contributed by atoms with Gasteiger partial charge in [0.15, 0.2) is 6.61 Å². The first-order valence-electron chi connectivity index (χ1n) is 8.44. The maximum Gasteiger partial charge on any atom is 0.338 e. The van der Waals surface area contributed by atoms with E-state index in [1.807, 2.05) is 31.2 Å². The zero-order chi connectivity index (χ0) is 19.6. The minimum absolute atomic E-state index is 0.0160. The first-order valence-corrected chi connectivity index (χ1v) is 9.92. The van der Waals surface area contributed by atoms with E-state index in [2.05, 4.69) is 4.72 Å². The summed E-state index contributed by atoms with van der Waals surface area (Å²) in [5.74, 6) is -1.07. The second kappa shape index (κ2) is 7.50. The first-order chi connectivity index (χ1) is 12.8. The van der Waals surface area contributed by atoms with Gasteiger partial charge < -0.3 is 9.64 Å². The number of ether oxygens (including phenoxy) is 1. The van der Waals surface area contributed by atoms with Crippen molar-refractivity contribution < 1.29 is 22.7 Å². The van der Waals surface area contributed by atoms with Crippen LogP contribution in [0.4, 0.5) is 5.69 Å². The van der Waals surface area contributed by atoms with Crippen molar-refractivity contribution in [2.45, 2.75) is 24.3 Å². The summed E-state index contributed by atoms with van der Waals surface area (Å²) in [6.45, 7) is 1.52. The Labute approximate surface area is 158 Å². The third-order valence-electron chi connectivity index (χ3n) is 4.45. The number of carbonyl (C=O) groups excluding carboxylic acids is 2. The van der Waals surface area contributed by atoms with Crippen molar-refractivity contribution in [3.8, 4) is 0 Å². The molecule has 1 atom stereocenters. The van der Waals surface area contributed by atoms with Crippen molar-refractivity contribution >= 4 is 27.6 Å². The van der Waals surface area contributed by atoms with Gasteiger partial charge in [0.05, 0.1) is 10.5 Å². The van der Waals surface area contributed by atoms with Crippen LogP contribution in [0.15, 0.2) is 53.4 Å². The molecule has 0 saturated carbocycles. The van der Waals surface area contributed by atoms with E-state index < -0.39 is 22.6 Å². The number of hydrogen-bond donors (Lipinski definition) is 1. The summed E-state index contributed by atoms with van der Waals surface area (Å²) in [6, 6.07) is 13.1. The predicted molar refractivity (Wildman–Crippen MR) is 100 cm³/mol. The Balaban J connectivity index is 1.70. The molecule has 0 spiro atoms. The molecule has 1 aliphatic heterocycles. The van der Waals surface area contributed by atoms with Crippen LogP contribution in [0.25, 0.3) is 0 Å². The quantitative estimate of drug-likeness (QED) is 0.788. The van der Waals surface area contributed by atoms with Gasteiger partial charge in [-0.15, -0.1) is 0 Å². The van der Waals surface area contributed by atoms with Gasteiger partial charge in [-0.1, -0.05) is 24.3 Å². The topological polar surface area (TPSA) is 92.8 Å². The molecule has 27 heavy (non-hydrogen) atoms. The fourth-order valence-corrected chi connectivity index (χ4v) is 3.91. The standard InChI is InChI=1S/C19H20N2O5S/c1-13-10-14-6-3-4-9-17(14)21(13)18(22)12-26-19(23)15-7-5-8-16(11-15)27(24,25)20-2/h3-9,11,13,20H,10,12H2,1-2H3/t13-/m1/s1. The van der Waals surface area contributed by atoms with Crippen LogP contribution in [0.5, 0.6) is 0 Å². The van der Waals surface area contributed by atoms with E-state index in [0.717, 1.165) is 17.7 Å². The van der Waals surface area contributed by atoms with Gasteiger partial charge in [-0.05, 0) is 50.2 Å². The van der Waals surface area contributed by atoms with Gasteiger partial charge in [-0.25, -0.2) is 17.9 Å². The van der Waals surface area contributed by atoms with Crippen molar-refractivity contribution in [2.75, 3.05) is 18.6 Å². The molecule has 1 heterocycles. The maximum absolute atomic E-state index is 12.6. The Morgan fingerprint density at radius 2 is 1.93 bits per heavy atom. The average molecular weight is 388 g/mol. The molecule has 142 valence electrons. The highest BCUT2D eigenvalue weighted by atomic mass is 32.2. The Morgan fingerprint density at radius 1 is 1.19 bits per heavy atom. The smallest absolute Gasteiger partial charge is 0.338 e. The molecule has 0 unspecified atom stereocenters. The van der Waals surface area contributed by atoms with Crippen LogP contribution in [0.3, 0.4) is 0 Å². The summed E-state index contributed by atoms with van der Waals surface area (Å²) in [4.78, 5) is 26.4. The van der Waals surface area contributed by atoms with E-state index in [0.29, 0.717) is 0 Å². The summed E-state index contributed by atoms with van der Waals surface area (Å²) >= 11 is 0. The largest absolute Gasteiger partial charge is 0.452 e. The molecule has 0 aromatic heterocycles. The highest BCUT2D eigenvalue weighted by Crippen LogP contribution is 2.31. The Hall–Kier alpha value is -2.71. The number of nitrogens with zero attached hydrogens (tertiary/aromatic N) is 1. The molecule has 0 radical (unpaired) electrons. The van der Waals surface area contributed by atoms with Crippen molar-refractivity contribution in [1.29, 1.82) is 0 Å². The lowest BCUT2D eigenvalue weighted by Crippen LogP contribution is -2.38. The Morgan fingerprint density at radius 3 is 2.67 bits per heavy atom. The van der Waals surface area contributed by atoms with Crippen LogP contribution in [0, 0.1) is 0 Å². The van der Waals surface area contributed by atoms with E-state index in [1.54, 1.807) is 4.90 Å². The molecule has 2 aromatic carbocycles. The molecule has 0 aliphatic carbocycles. The van der Waals surface area contributed by atoms with Gasteiger partial charge in [0, 0.05) is 11.7 Å². The van der Waals surface area contributed by atoms with Crippen LogP contribution in [0.2, 0.25) is 0 Å². The van der Waals surface area contributed by atoms with Crippen molar-refractivity contribution in [1.82, 2.24) is 4.72 Å². The van der Waals surface area contributed by atoms with E-state index >= 15 is 0 Å². The molecule has 0 bridgehead atoms. The van der Waals surface area contributed by atoms with Gasteiger partial charge in [0.1, 0.15) is 0 Å². The number of hydrogen-bond acceptors (Lipinski definition) is 5. The lowest BCUT2D eigenvalue weighted by Gasteiger charge is -2.22. The number of para-hydroxylation sites is 1. The number of nitrogens with one attached hydrogen (secondary N) is 1. The van der Waals surface area contributed by atoms with Gasteiger partial charge in [0.2, 0.25) is 10.0 Å². The van der Waals surface area contributed by atoms with E-state index in [1.165, 1.54) is 31.3 Å². The second-order valence-corrected chi connectivity index (χ2v) is 8.14. The number of fused-ring (bicyclic) bond motifs is 1. The van der Waals surface area contributed by atoms with Gasteiger partial charge in [-0.2, -0.15) is 0 Å². The number of carbonyl (C=O) groups is 2. The molecule has 7 nitrogen and oxygen atoms in total. The molecule has 0 fully saturated rings. The summed E-state index contributed by atoms with van der Waals surface area (Å²) in [5, 5.41) is 0. The van der Waals surface area contributed by atoms with Crippen molar-refractivity contribution in [3.63, 3.8) is 0 Å². The zero-order valence-electron chi connectivity index (χ0n) is 15.0. The number of sulfonamides is 1. The lowest BCUT2D eigenvalue weighted by molar-refractivity contribution is -0.122. The van der Waals surface area contributed by atoms with E-state index in [9.17, 15) is 18.0 Å². The number of amides is 1. The average Bonchev–Trinajstić information content (AvgIpc) is 3.01. The normalized spacial score (nSPS) is 16.1. The number of benzene rings is 2. The number of anilines is 1. The molecule has 0 saturated heterocycles. The van der Waals surface area contributed by atoms with Gasteiger partial charge in [-0.3, -0.25) is 4.79 Å². The van der Waals surface area contributed by atoms with Gasteiger partial charge >= 0.3 is 5.97 Å². The second-order valence-electron chi connectivity index (χ2n) is 6.26. The zero-order valence-corrected chi connectivity index (χ0v) is 15.8. The van der Waals surface area contributed by atoms with Crippen molar-refractivity contribution in [2.24, 2.45) is 0 Å². The fraction of sp³-hybridized carbons (Fsp3) is 0.263. The molecule has 3 rings (SSSR count). The molecule has 8 heteroatoms. The fourth-order valence-electron chi connectivity index (χ4n) is 3.13. The third-order valence-corrected chi connectivity index (χ3v) is 5.86. The van der Waals surface area contributed by atoms with Gasteiger partial charge in [0.25, 0.3) is 5.91 Å². The van der Waals surface area contributed by atoms with Crippen molar-refractivity contribution in [3.05, 3.63) is 59.7 Å². The maximum atomic E-state index is 12.6. The lowest BCUT2D eigenvalue weighted by atomic mass is 10.1. The monoisotopic (exact) mass is 388 g/mol. The molecule has 1 N–H and O–H groups in total. The van der Waals surface area contributed by atoms with Crippen LogP contribution < -0.4 is 9.62 Å². The first kappa shape index (κ1) is 19.1. The molecular weight excluding hydrogens is 368 g/mol. The SMILES string of the molecule is CNS(=O)(=O)c1cccc(C(=O)OCC(=O)N2c3ccccc3C[C@H]2C)c1. The molecule has 1 aliphatic rings. The molecule has 1 amide bonds. The predicted octanol–water partition coefficient (Wildman–Crippen LogP) is 1.73. The molecule has 2 aromatic rings. The summed E-state index contributed by atoms with van der Waals surface area (Å²) in [5.41, 5.74) is 1.97. The van der Waals surface area contributed by atoms with E-state index in [4.69, 9.17) is 4.74 Å². The number of rotatable bonds is 5. The highest BCUT2D eigenvalue weighted by Gasteiger charge is 2.31. The molecular formula is C19H20N2O5S. The van der Waals surface area contributed by atoms with Crippen LogP contribution in [-0.2, 0) is 26.0 Å². The Kier molecular flexibility index (Phi) is 5.29. The third kappa shape index (κ3) is 3.86. The summed E-state index contributed by atoms with van der Waals surface area (Å²) < 4.78 is 31.0.